The Hall–Kier alpha value is -2.81. The molecule has 1 heterocycles. The van der Waals surface area contributed by atoms with E-state index in [1.807, 2.05) is 0 Å². The van der Waals surface area contributed by atoms with Crippen LogP contribution in [0.25, 0.3) is 0 Å². The van der Waals surface area contributed by atoms with Crippen LogP contribution in [0.1, 0.15) is 78.2 Å². The summed E-state index contributed by atoms with van der Waals surface area (Å²) in [5, 5.41) is 0.367. The topological polar surface area (TPSA) is 90.0 Å². The molecule has 0 aromatic heterocycles. The van der Waals surface area contributed by atoms with Crippen molar-refractivity contribution in [2.75, 3.05) is 13.7 Å². The third-order valence-electron chi connectivity index (χ3n) is 8.35. The van der Waals surface area contributed by atoms with Gasteiger partial charge in [0.25, 0.3) is 0 Å². The van der Waals surface area contributed by atoms with E-state index in [1.165, 1.54) is 31.4 Å². The van der Waals surface area contributed by atoms with Crippen LogP contribution in [-0.2, 0) is 19.7 Å². The lowest BCUT2D eigenvalue weighted by Crippen LogP contribution is -2.44. The Morgan fingerprint density at radius 2 is 1.42 bits per heavy atom. The van der Waals surface area contributed by atoms with E-state index in [4.69, 9.17) is 32.1 Å². The van der Waals surface area contributed by atoms with Gasteiger partial charge in [0.2, 0.25) is 5.75 Å². The molecule has 5 rings (SSSR count). The summed E-state index contributed by atoms with van der Waals surface area (Å²) in [5.74, 6) is -0.752. The molecule has 0 radical (unpaired) electrons. The smallest absolute Gasteiger partial charge is 0.339 e. The second-order valence-electron chi connectivity index (χ2n) is 13.2. The van der Waals surface area contributed by atoms with Crippen LogP contribution in [0.3, 0.4) is 0 Å². The Bertz CT molecular complexity index is 1620. The van der Waals surface area contributed by atoms with E-state index in [-0.39, 0.29) is 43.8 Å². The molecule has 1 aliphatic heterocycles. The van der Waals surface area contributed by atoms with Crippen LogP contribution in [-0.4, -0.2) is 38.5 Å². The zero-order valence-electron chi connectivity index (χ0n) is 25.3. The van der Waals surface area contributed by atoms with Crippen LogP contribution in [0.4, 0.5) is 0 Å². The maximum absolute atomic E-state index is 14.0. The zero-order chi connectivity index (χ0) is 31.5. The third-order valence-corrected chi connectivity index (χ3v) is 10.1. The predicted molar refractivity (Wildman–Crippen MR) is 167 cm³/mol. The van der Waals surface area contributed by atoms with Gasteiger partial charge in [-0.15, -0.1) is 0 Å². The number of halogens is 2. The van der Waals surface area contributed by atoms with Crippen molar-refractivity contribution < 1.29 is 26.9 Å². The van der Waals surface area contributed by atoms with Gasteiger partial charge in [0.05, 0.1) is 12.1 Å². The van der Waals surface area contributed by atoms with Crippen molar-refractivity contribution in [2.45, 2.75) is 77.5 Å². The number of benzene rings is 2. The number of nitrogens with zero attached hydrogens (tertiary/aromatic N) is 1. The quantitative estimate of drug-likeness (QED) is 0.283. The van der Waals surface area contributed by atoms with Crippen molar-refractivity contribution in [3.63, 3.8) is 0 Å². The number of allylic oxidation sites excluding steroid dienone is 4. The molecule has 0 N–H and O–H groups in total. The van der Waals surface area contributed by atoms with Crippen LogP contribution < -0.4 is 8.92 Å². The van der Waals surface area contributed by atoms with E-state index < -0.39 is 16.0 Å². The van der Waals surface area contributed by atoms with Gasteiger partial charge < -0.3 is 13.8 Å². The molecule has 0 spiro atoms. The number of carbonyl (C=O) groups is 2. The van der Waals surface area contributed by atoms with Crippen LogP contribution >= 0.6 is 23.2 Å². The molecule has 0 amide bonds. The summed E-state index contributed by atoms with van der Waals surface area (Å²) in [4.78, 5) is 30.1. The highest BCUT2D eigenvalue weighted by Crippen LogP contribution is 2.55. The van der Waals surface area contributed by atoms with Gasteiger partial charge in [-0.25, -0.2) is 0 Å². The summed E-state index contributed by atoms with van der Waals surface area (Å²) in [6.45, 7) is 11.2. The van der Waals surface area contributed by atoms with Gasteiger partial charge in [-0.2, -0.15) is 8.42 Å². The van der Waals surface area contributed by atoms with Gasteiger partial charge in [0.1, 0.15) is 4.90 Å². The fourth-order valence-electron chi connectivity index (χ4n) is 6.62. The average molecular weight is 647 g/mol. The summed E-state index contributed by atoms with van der Waals surface area (Å²) < 4.78 is 37.3. The van der Waals surface area contributed by atoms with E-state index >= 15 is 0 Å². The molecule has 0 fully saturated rings. The minimum atomic E-state index is -4.27. The lowest BCUT2D eigenvalue weighted by molar-refractivity contribution is -0.119. The zero-order valence-corrected chi connectivity index (χ0v) is 27.7. The van der Waals surface area contributed by atoms with Gasteiger partial charge in [-0.1, -0.05) is 57.8 Å². The van der Waals surface area contributed by atoms with Crippen molar-refractivity contribution in [3.8, 4) is 11.5 Å². The van der Waals surface area contributed by atoms with E-state index in [9.17, 15) is 18.0 Å². The van der Waals surface area contributed by atoms with Crippen molar-refractivity contribution in [1.29, 1.82) is 0 Å². The van der Waals surface area contributed by atoms with E-state index in [1.54, 1.807) is 12.1 Å². The average Bonchev–Trinajstić information content (AvgIpc) is 2.89. The maximum atomic E-state index is 14.0. The van der Waals surface area contributed by atoms with Crippen LogP contribution in [0.15, 0.2) is 63.8 Å². The van der Waals surface area contributed by atoms with Gasteiger partial charge in [-0.05, 0) is 72.1 Å². The molecule has 0 bridgehead atoms. The highest BCUT2D eigenvalue weighted by molar-refractivity contribution is 7.87. The molecule has 0 saturated carbocycles. The van der Waals surface area contributed by atoms with Gasteiger partial charge >= 0.3 is 10.1 Å². The summed E-state index contributed by atoms with van der Waals surface area (Å²) in [6, 6.07) is 8.80. The highest BCUT2D eigenvalue weighted by Gasteiger charge is 2.49. The first kappa shape index (κ1) is 31.6. The van der Waals surface area contributed by atoms with Crippen molar-refractivity contribution in [3.05, 3.63) is 74.5 Å². The first-order valence-corrected chi connectivity index (χ1v) is 16.6. The number of ketones is 2. The van der Waals surface area contributed by atoms with E-state index in [0.717, 1.165) is 17.8 Å². The molecule has 2 aromatic carbocycles. The highest BCUT2D eigenvalue weighted by atomic mass is 35.5. The Morgan fingerprint density at radius 1 is 0.884 bits per heavy atom. The van der Waals surface area contributed by atoms with Crippen molar-refractivity contribution in [2.24, 2.45) is 10.8 Å². The fraction of sp³-hybridized carbons (Fsp3) is 0.455. The van der Waals surface area contributed by atoms with Crippen molar-refractivity contribution >= 4 is 44.9 Å². The molecule has 2 aliphatic carbocycles. The van der Waals surface area contributed by atoms with Crippen LogP contribution in [0.2, 0.25) is 10.0 Å². The minimum absolute atomic E-state index is 0.00210. The molecule has 230 valence electrons. The molecule has 3 aliphatic rings. The first-order chi connectivity index (χ1) is 20.1. The molecule has 0 unspecified atom stereocenters. The largest absolute Gasteiger partial charge is 0.493 e. The van der Waals surface area contributed by atoms with E-state index in [0.29, 0.717) is 54.0 Å². The molecule has 10 heteroatoms. The van der Waals surface area contributed by atoms with E-state index in [2.05, 4.69) is 39.5 Å². The Labute approximate surface area is 264 Å². The molecule has 0 atom stereocenters. The minimum Gasteiger partial charge on any atom is -0.493 e. The third kappa shape index (κ3) is 5.98. The van der Waals surface area contributed by atoms with Gasteiger partial charge in [-0.3, -0.25) is 9.59 Å². The molecule has 2 aromatic rings. The maximum Gasteiger partial charge on any atom is 0.339 e. The molecule has 0 saturated heterocycles. The molecular formula is C33H37Cl2NO6S. The number of methoxy groups -OCH3 is 1. The predicted octanol–water partition coefficient (Wildman–Crippen LogP) is 7.87. The number of hydrogen-bond acceptors (Lipinski definition) is 7. The summed E-state index contributed by atoms with van der Waals surface area (Å²) in [7, 11) is -2.89. The summed E-state index contributed by atoms with van der Waals surface area (Å²) in [5.41, 5.74) is 3.25. The second kappa shape index (κ2) is 11.3. The monoisotopic (exact) mass is 645 g/mol. The Morgan fingerprint density at radius 3 is 1.91 bits per heavy atom. The Balaban J connectivity index is 1.69. The fourth-order valence-corrected chi connectivity index (χ4v) is 8.01. The number of ether oxygens (including phenoxy) is 1. The molecule has 43 heavy (non-hydrogen) atoms. The Kier molecular flexibility index (Phi) is 8.29. The van der Waals surface area contributed by atoms with Gasteiger partial charge in [0, 0.05) is 52.9 Å². The second-order valence-corrected chi connectivity index (χ2v) is 15.6. The number of hydrogen-bond donors (Lipinski definition) is 0. The van der Waals surface area contributed by atoms with Crippen molar-refractivity contribution in [1.82, 2.24) is 4.90 Å². The van der Waals surface area contributed by atoms with Crippen LogP contribution in [0, 0.1) is 10.8 Å². The first-order valence-electron chi connectivity index (χ1n) is 14.4. The molecule has 7 nitrogen and oxygen atoms in total. The number of rotatable bonds is 7. The van der Waals surface area contributed by atoms with Crippen LogP contribution in [0.5, 0.6) is 11.5 Å². The lowest BCUT2D eigenvalue weighted by Gasteiger charge is -2.49. The standard InChI is InChI=1S/C33H37Cl2NO6S/c1-7-12-36-23-15-32(2,3)17-25(37)29(23)28(30-24(36)16-33(4,5)18-26(30)38)19-13-22(35)31(27(14-19)41-6)42-43(39,40)21-10-8-20(34)9-11-21/h8-11,13-14,28H,7,12,15-18H2,1-6H3. The summed E-state index contributed by atoms with van der Waals surface area (Å²) in [6.07, 6.45) is 2.96. The van der Waals surface area contributed by atoms with Gasteiger partial charge in [0.15, 0.2) is 17.3 Å². The normalized spacial score (nSPS) is 20.2. The number of Topliss-reactive ketones (excluding diaryl/α,β-unsaturated/α-hetero) is 2. The molecular weight excluding hydrogens is 609 g/mol. The number of carbonyl (C=O) groups excluding carboxylic acids is 2. The lowest BCUT2D eigenvalue weighted by atomic mass is 9.63. The SMILES string of the molecule is CCCN1C2=C(C(=O)CC(C)(C)C2)C(c2cc(Cl)c(OS(=O)(=O)c3ccc(Cl)cc3)c(OC)c2)C2=C1CC(C)(C)CC2=O. The summed E-state index contributed by atoms with van der Waals surface area (Å²) >= 11 is 12.7.